The van der Waals surface area contributed by atoms with Gasteiger partial charge in [0, 0.05) is 43.0 Å². The summed E-state index contributed by atoms with van der Waals surface area (Å²) in [6, 6.07) is 12.7. The number of hydrogen-bond acceptors (Lipinski definition) is 4. The van der Waals surface area contributed by atoms with Crippen LogP contribution in [0.25, 0.3) is 10.9 Å². The molecule has 4 rings (SSSR count). The van der Waals surface area contributed by atoms with Gasteiger partial charge in [-0.25, -0.2) is 14.4 Å². The van der Waals surface area contributed by atoms with Crippen LogP contribution in [-0.2, 0) is 6.42 Å². The summed E-state index contributed by atoms with van der Waals surface area (Å²) in [5.41, 5.74) is 1.54. The Morgan fingerprint density at radius 2 is 1.73 bits per heavy atom. The number of anilines is 2. The van der Waals surface area contributed by atoms with Gasteiger partial charge in [-0.2, -0.15) is 0 Å². The van der Waals surface area contributed by atoms with Crippen molar-refractivity contribution >= 4 is 34.0 Å². The van der Waals surface area contributed by atoms with E-state index >= 15 is 0 Å². The fourth-order valence-electron chi connectivity index (χ4n) is 3.40. The van der Waals surface area contributed by atoms with Crippen molar-refractivity contribution in [2.75, 3.05) is 36.0 Å². The second-order valence-electron chi connectivity index (χ2n) is 6.40. The van der Waals surface area contributed by atoms with E-state index in [1.807, 2.05) is 37.3 Å². The number of hydrogen-bond donors (Lipinski definition) is 0. The van der Waals surface area contributed by atoms with E-state index in [-0.39, 0.29) is 5.82 Å². The van der Waals surface area contributed by atoms with Crippen LogP contribution in [0.1, 0.15) is 12.7 Å². The maximum absolute atomic E-state index is 14.1. The van der Waals surface area contributed by atoms with E-state index in [4.69, 9.17) is 16.6 Å². The normalized spacial score (nSPS) is 14.9. The second kappa shape index (κ2) is 7.08. The lowest BCUT2D eigenvalue weighted by Crippen LogP contribution is -2.47. The molecule has 0 amide bonds. The summed E-state index contributed by atoms with van der Waals surface area (Å²) in [5.74, 6) is 1.58. The predicted molar refractivity (Wildman–Crippen MR) is 105 cm³/mol. The van der Waals surface area contributed by atoms with Gasteiger partial charge in [0.15, 0.2) is 0 Å². The summed E-state index contributed by atoms with van der Waals surface area (Å²) in [6.07, 6.45) is 0.768. The SMILES string of the molecule is CCc1nc(N2CCN(c3ccccc3F)CC2)c2ccc(Cl)cc2n1. The Balaban J connectivity index is 1.62. The van der Waals surface area contributed by atoms with Gasteiger partial charge in [-0.1, -0.05) is 30.7 Å². The first-order valence-electron chi connectivity index (χ1n) is 8.86. The molecule has 0 saturated carbocycles. The largest absolute Gasteiger partial charge is 0.366 e. The van der Waals surface area contributed by atoms with Gasteiger partial charge in [-0.3, -0.25) is 0 Å². The third-order valence-electron chi connectivity index (χ3n) is 4.77. The molecule has 2 aromatic carbocycles. The number of aryl methyl sites for hydroxylation is 1. The van der Waals surface area contributed by atoms with Crippen LogP contribution in [0, 0.1) is 5.82 Å². The van der Waals surface area contributed by atoms with E-state index < -0.39 is 0 Å². The van der Waals surface area contributed by atoms with Crippen LogP contribution < -0.4 is 9.80 Å². The fourth-order valence-corrected chi connectivity index (χ4v) is 3.57. The maximum atomic E-state index is 14.1. The van der Waals surface area contributed by atoms with Crippen LogP contribution in [-0.4, -0.2) is 36.1 Å². The smallest absolute Gasteiger partial charge is 0.146 e. The molecule has 1 aliphatic heterocycles. The van der Waals surface area contributed by atoms with Crippen molar-refractivity contribution in [3.05, 3.63) is 59.1 Å². The summed E-state index contributed by atoms with van der Waals surface area (Å²) in [7, 11) is 0. The zero-order valence-corrected chi connectivity index (χ0v) is 15.4. The van der Waals surface area contributed by atoms with Crippen molar-refractivity contribution < 1.29 is 4.39 Å². The second-order valence-corrected chi connectivity index (χ2v) is 6.84. The third-order valence-corrected chi connectivity index (χ3v) is 5.01. The molecule has 3 aromatic rings. The van der Waals surface area contributed by atoms with Gasteiger partial charge in [0.2, 0.25) is 0 Å². The number of piperazine rings is 1. The number of benzene rings is 2. The van der Waals surface area contributed by atoms with Gasteiger partial charge in [0.1, 0.15) is 17.5 Å². The van der Waals surface area contributed by atoms with Crippen molar-refractivity contribution in [1.82, 2.24) is 9.97 Å². The number of nitrogens with zero attached hydrogens (tertiary/aromatic N) is 4. The number of rotatable bonds is 3. The Morgan fingerprint density at radius 1 is 1.00 bits per heavy atom. The van der Waals surface area contributed by atoms with Crippen molar-refractivity contribution in [1.29, 1.82) is 0 Å². The first kappa shape index (κ1) is 17.0. The maximum Gasteiger partial charge on any atom is 0.146 e. The van der Waals surface area contributed by atoms with Gasteiger partial charge in [0.25, 0.3) is 0 Å². The highest BCUT2D eigenvalue weighted by molar-refractivity contribution is 6.31. The first-order chi connectivity index (χ1) is 12.7. The van der Waals surface area contributed by atoms with Crippen LogP contribution in [0.2, 0.25) is 5.02 Å². The Hall–Kier alpha value is -2.40. The van der Waals surface area contributed by atoms with E-state index in [2.05, 4.69) is 14.8 Å². The molecule has 0 spiro atoms. The lowest BCUT2D eigenvalue weighted by Gasteiger charge is -2.37. The molecular formula is C20H20ClFN4. The summed E-state index contributed by atoms with van der Waals surface area (Å²) in [5, 5.41) is 1.68. The molecule has 1 fully saturated rings. The molecule has 6 heteroatoms. The molecule has 1 aliphatic rings. The number of para-hydroxylation sites is 1. The van der Waals surface area contributed by atoms with Crippen LogP contribution in [0.4, 0.5) is 15.9 Å². The fraction of sp³-hybridized carbons (Fsp3) is 0.300. The molecule has 1 saturated heterocycles. The Morgan fingerprint density at radius 3 is 2.46 bits per heavy atom. The van der Waals surface area contributed by atoms with Crippen molar-refractivity contribution in [2.45, 2.75) is 13.3 Å². The first-order valence-corrected chi connectivity index (χ1v) is 9.24. The Bertz CT molecular complexity index is 938. The molecule has 26 heavy (non-hydrogen) atoms. The third kappa shape index (κ3) is 3.19. The molecule has 4 nitrogen and oxygen atoms in total. The summed E-state index contributed by atoms with van der Waals surface area (Å²) in [6.45, 7) is 5.12. The standard InChI is InChI=1S/C20H20ClFN4/c1-2-19-23-17-13-14(21)7-8-15(17)20(24-19)26-11-9-25(10-12-26)18-6-4-3-5-16(18)22/h3-8,13H,2,9-12H2,1H3. The molecule has 0 bridgehead atoms. The average molecular weight is 371 g/mol. The van der Waals surface area contributed by atoms with Crippen LogP contribution in [0.15, 0.2) is 42.5 Å². The van der Waals surface area contributed by atoms with Crippen LogP contribution >= 0.6 is 11.6 Å². The highest BCUT2D eigenvalue weighted by Crippen LogP contribution is 2.28. The minimum atomic E-state index is -0.170. The average Bonchev–Trinajstić information content (AvgIpc) is 2.67. The van der Waals surface area contributed by atoms with Crippen molar-refractivity contribution in [3.8, 4) is 0 Å². The molecule has 0 radical (unpaired) electrons. The van der Waals surface area contributed by atoms with E-state index in [1.54, 1.807) is 6.07 Å². The summed E-state index contributed by atoms with van der Waals surface area (Å²) < 4.78 is 14.1. The van der Waals surface area contributed by atoms with Gasteiger partial charge < -0.3 is 9.80 Å². The Labute approximate surface area is 157 Å². The van der Waals surface area contributed by atoms with E-state index in [1.165, 1.54) is 6.07 Å². The Kier molecular flexibility index (Phi) is 4.64. The highest BCUT2D eigenvalue weighted by Gasteiger charge is 2.22. The van der Waals surface area contributed by atoms with Gasteiger partial charge in [-0.05, 0) is 30.3 Å². The number of halogens is 2. The van der Waals surface area contributed by atoms with E-state index in [0.717, 1.165) is 55.1 Å². The molecular weight excluding hydrogens is 351 g/mol. The monoisotopic (exact) mass is 370 g/mol. The highest BCUT2D eigenvalue weighted by atomic mass is 35.5. The molecule has 0 aliphatic carbocycles. The van der Waals surface area contributed by atoms with Crippen molar-refractivity contribution in [2.24, 2.45) is 0 Å². The van der Waals surface area contributed by atoms with Gasteiger partial charge in [0.05, 0.1) is 11.2 Å². The summed E-state index contributed by atoms with van der Waals surface area (Å²) in [4.78, 5) is 13.7. The molecule has 2 heterocycles. The topological polar surface area (TPSA) is 32.3 Å². The van der Waals surface area contributed by atoms with Gasteiger partial charge in [-0.15, -0.1) is 0 Å². The van der Waals surface area contributed by atoms with E-state index in [9.17, 15) is 4.39 Å². The predicted octanol–water partition coefficient (Wildman–Crippen LogP) is 4.31. The quantitative estimate of drug-likeness (QED) is 0.687. The minimum Gasteiger partial charge on any atom is -0.366 e. The van der Waals surface area contributed by atoms with Crippen LogP contribution in [0.5, 0.6) is 0 Å². The van der Waals surface area contributed by atoms with E-state index in [0.29, 0.717) is 10.7 Å². The molecule has 0 N–H and O–H groups in total. The number of fused-ring (bicyclic) bond motifs is 1. The zero-order chi connectivity index (χ0) is 18.1. The summed E-state index contributed by atoms with van der Waals surface area (Å²) >= 11 is 6.14. The van der Waals surface area contributed by atoms with Gasteiger partial charge >= 0.3 is 0 Å². The van der Waals surface area contributed by atoms with Crippen molar-refractivity contribution in [3.63, 3.8) is 0 Å². The van der Waals surface area contributed by atoms with Crippen LogP contribution in [0.3, 0.4) is 0 Å². The lowest BCUT2D eigenvalue weighted by molar-refractivity contribution is 0.596. The number of aromatic nitrogens is 2. The minimum absolute atomic E-state index is 0.170. The lowest BCUT2D eigenvalue weighted by atomic mass is 10.2. The molecule has 1 aromatic heterocycles. The molecule has 0 unspecified atom stereocenters. The zero-order valence-electron chi connectivity index (χ0n) is 14.6. The molecule has 134 valence electrons. The molecule has 0 atom stereocenters.